The number of rotatable bonds is 11. The Bertz CT molecular complexity index is 511. The van der Waals surface area contributed by atoms with Gasteiger partial charge in [0.25, 0.3) is 0 Å². The molecule has 0 atom stereocenters. The number of hydrogen-bond donors (Lipinski definition) is 0. The van der Waals surface area contributed by atoms with Crippen LogP contribution in [-0.4, -0.2) is 36.5 Å². The van der Waals surface area contributed by atoms with Crippen molar-refractivity contribution in [3.05, 3.63) is 42.0 Å². The molecule has 24 heavy (non-hydrogen) atoms. The van der Waals surface area contributed by atoms with Gasteiger partial charge < -0.3 is 9.64 Å². The molecule has 0 bridgehead atoms. The second-order valence-electron chi connectivity index (χ2n) is 5.68. The van der Waals surface area contributed by atoms with Crippen LogP contribution in [0.3, 0.4) is 0 Å². The molecule has 0 spiro atoms. The van der Waals surface area contributed by atoms with E-state index < -0.39 is 0 Å². The van der Waals surface area contributed by atoms with Crippen LogP contribution in [0.15, 0.2) is 36.4 Å². The normalized spacial score (nSPS) is 10.8. The lowest BCUT2D eigenvalue weighted by Crippen LogP contribution is -2.33. The van der Waals surface area contributed by atoms with Gasteiger partial charge in [0.2, 0.25) is 5.91 Å². The molecule has 0 aliphatic heterocycles. The van der Waals surface area contributed by atoms with Gasteiger partial charge in [0.1, 0.15) is 0 Å². The van der Waals surface area contributed by atoms with Crippen LogP contribution in [0.2, 0.25) is 0 Å². The minimum Gasteiger partial charge on any atom is -0.466 e. The van der Waals surface area contributed by atoms with Gasteiger partial charge in [-0.25, -0.2) is 0 Å². The molecular weight excluding hydrogens is 302 g/mol. The molecule has 0 saturated heterocycles. The van der Waals surface area contributed by atoms with Gasteiger partial charge in [-0.2, -0.15) is 0 Å². The van der Waals surface area contributed by atoms with Crippen LogP contribution in [-0.2, 0) is 14.3 Å². The monoisotopic (exact) mass is 331 g/mol. The van der Waals surface area contributed by atoms with E-state index in [0.717, 1.165) is 24.8 Å². The number of nitrogens with zero attached hydrogens (tertiary/aromatic N) is 1. The summed E-state index contributed by atoms with van der Waals surface area (Å²) in [6.07, 6.45) is 8.02. The van der Waals surface area contributed by atoms with Gasteiger partial charge >= 0.3 is 5.97 Å². The number of esters is 1. The predicted octanol–water partition coefficient (Wildman–Crippen LogP) is 4.06. The maximum Gasteiger partial charge on any atom is 0.307 e. The Labute approximate surface area is 145 Å². The van der Waals surface area contributed by atoms with Crippen molar-refractivity contribution in [3.8, 4) is 0 Å². The van der Waals surface area contributed by atoms with E-state index in [4.69, 9.17) is 4.74 Å². The number of hydrogen-bond acceptors (Lipinski definition) is 3. The lowest BCUT2D eigenvalue weighted by molar-refractivity contribution is -0.143. The molecule has 0 fully saturated rings. The Morgan fingerprint density at radius 3 is 2.46 bits per heavy atom. The van der Waals surface area contributed by atoms with E-state index in [9.17, 15) is 9.59 Å². The summed E-state index contributed by atoms with van der Waals surface area (Å²) >= 11 is 0. The second-order valence-corrected chi connectivity index (χ2v) is 5.68. The van der Waals surface area contributed by atoms with E-state index in [1.165, 1.54) is 6.42 Å². The molecule has 1 aromatic rings. The van der Waals surface area contributed by atoms with Crippen molar-refractivity contribution in [3.63, 3.8) is 0 Å². The maximum atomic E-state index is 12.4. The SMILES string of the molecule is CCCCCCN(CCC(=O)OCC)C(=O)/C=C/c1ccccc1. The number of amides is 1. The van der Waals surface area contributed by atoms with E-state index in [1.54, 1.807) is 17.9 Å². The second kappa shape index (κ2) is 12.3. The summed E-state index contributed by atoms with van der Waals surface area (Å²) in [6.45, 7) is 5.40. The Kier molecular flexibility index (Phi) is 10.3. The lowest BCUT2D eigenvalue weighted by atomic mass is 10.2. The Hall–Kier alpha value is -2.10. The molecule has 1 rings (SSSR count). The highest BCUT2D eigenvalue weighted by Gasteiger charge is 2.13. The zero-order valence-electron chi connectivity index (χ0n) is 14.9. The fraction of sp³-hybridized carbons (Fsp3) is 0.500. The highest BCUT2D eigenvalue weighted by atomic mass is 16.5. The minimum atomic E-state index is -0.254. The van der Waals surface area contributed by atoms with E-state index in [2.05, 4.69) is 6.92 Å². The van der Waals surface area contributed by atoms with E-state index in [0.29, 0.717) is 19.7 Å². The molecule has 1 amide bonds. The fourth-order valence-corrected chi connectivity index (χ4v) is 2.36. The number of benzene rings is 1. The van der Waals surface area contributed by atoms with Crippen molar-refractivity contribution < 1.29 is 14.3 Å². The van der Waals surface area contributed by atoms with Crippen LogP contribution in [0.1, 0.15) is 51.5 Å². The standard InChI is InChI=1S/C20H29NO3/c1-3-5-6-10-16-21(17-15-20(23)24-4-2)19(22)14-13-18-11-8-7-9-12-18/h7-9,11-14H,3-6,10,15-17H2,1-2H3/b14-13+. The van der Waals surface area contributed by atoms with Gasteiger partial charge in [0, 0.05) is 19.2 Å². The maximum absolute atomic E-state index is 12.4. The van der Waals surface area contributed by atoms with Gasteiger partial charge in [0.05, 0.1) is 13.0 Å². The Morgan fingerprint density at radius 1 is 1.04 bits per heavy atom. The first-order chi connectivity index (χ1) is 11.7. The Balaban J connectivity index is 2.58. The van der Waals surface area contributed by atoms with Crippen molar-refractivity contribution in [1.29, 1.82) is 0 Å². The molecule has 4 heteroatoms. The van der Waals surface area contributed by atoms with Crippen molar-refractivity contribution in [2.75, 3.05) is 19.7 Å². The molecule has 0 aliphatic carbocycles. The molecule has 0 aliphatic rings. The van der Waals surface area contributed by atoms with Crippen LogP contribution in [0.25, 0.3) is 6.08 Å². The number of unbranched alkanes of at least 4 members (excludes halogenated alkanes) is 3. The van der Waals surface area contributed by atoms with Crippen molar-refractivity contribution in [2.24, 2.45) is 0 Å². The molecular formula is C20H29NO3. The number of carbonyl (C=O) groups excluding carboxylic acids is 2. The van der Waals surface area contributed by atoms with Crippen molar-refractivity contribution >= 4 is 18.0 Å². The summed E-state index contributed by atoms with van der Waals surface area (Å²) in [4.78, 5) is 25.7. The van der Waals surface area contributed by atoms with Gasteiger partial charge in [-0.15, -0.1) is 0 Å². The van der Waals surface area contributed by atoms with Crippen molar-refractivity contribution in [1.82, 2.24) is 4.90 Å². The van der Waals surface area contributed by atoms with Crippen LogP contribution in [0, 0.1) is 0 Å². The molecule has 4 nitrogen and oxygen atoms in total. The summed E-state index contributed by atoms with van der Waals surface area (Å²) < 4.78 is 4.95. The van der Waals surface area contributed by atoms with Crippen LogP contribution >= 0.6 is 0 Å². The predicted molar refractivity (Wildman–Crippen MR) is 97.4 cm³/mol. The first kappa shape index (κ1) is 19.9. The van der Waals surface area contributed by atoms with Gasteiger partial charge in [-0.1, -0.05) is 56.5 Å². The van der Waals surface area contributed by atoms with Crippen LogP contribution < -0.4 is 0 Å². The van der Waals surface area contributed by atoms with Gasteiger partial charge in [-0.3, -0.25) is 9.59 Å². The zero-order valence-corrected chi connectivity index (χ0v) is 14.9. The summed E-state index contributed by atoms with van der Waals surface area (Å²) in [5.74, 6) is -0.310. The molecule has 0 heterocycles. The molecule has 132 valence electrons. The molecule has 0 radical (unpaired) electrons. The molecule has 1 aromatic carbocycles. The third-order valence-corrected chi connectivity index (χ3v) is 3.70. The first-order valence-electron chi connectivity index (χ1n) is 8.85. The molecule has 0 unspecified atom stereocenters. The molecule has 0 saturated carbocycles. The number of carbonyl (C=O) groups is 2. The summed E-state index contributed by atoms with van der Waals surface area (Å²) in [5.41, 5.74) is 0.988. The summed E-state index contributed by atoms with van der Waals surface area (Å²) in [5, 5.41) is 0. The van der Waals surface area contributed by atoms with Gasteiger partial charge in [0.15, 0.2) is 0 Å². The average Bonchev–Trinajstić information content (AvgIpc) is 2.60. The highest BCUT2D eigenvalue weighted by Crippen LogP contribution is 2.06. The zero-order chi connectivity index (χ0) is 17.6. The van der Waals surface area contributed by atoms with E-state index in [1.807, 2.05) is 36.4 Å². The highest BCUT2D eigenvalue weighted by molar-refractivity contribution is 5.92. The third kappa shape index (κ3) is 8.51. The fourth-order valence-electron chi connectivity index (χ4n) is 2.36. The van der Waals surface area contributed by atoms with Gasteiger partial charge in [-0.05, 0) is 25.0 Å². The first-order valence-corrected chi connectivity index (χ1v) is 8.85. The number of ether oxygens (including phenoxy) is 1. The van der Waals surface area contributed by atoms with Crippen LogP contribution in [0.4, 0.5) is 0 Å². The molecule has 0 N–H and O–H groups in total. The van der Waals surface area contributed by atoms with E-state index >= 15 is 0 Å². The minimum absolute atomic E-state index is 0.0559. The summed E-state index contributed by atoms with van der Waals surface area (Å²) in [7, 11) is 0. The summed E-state index contributed by atoms with van der Waals surface area (Å²) in [6, 6.07) is 9.72. The largest absolute Gasteiger partial charge is 0.466 e. The molecule has 0 aromatic heterocycles. The van der Waals surface area contributed by atoms with E-state index in [-0.39, 0.29) is 18.3 Å². The Morgan fingerprint density at radius 2 is 1.79 bits per heavy atom. The third-order valence-electron chi connectivity index (χ3n) is 3.70. The quantitative estimate of drug-likeness (QED) is 0.349. The van der Waals surface area contributed by atoms with Crippen LogP contribution in [0.5, 0.6) is 0 Å². The topological polar surface area (TPSA) is 46.6 Å². The lowest BCUT2D eigenvalue weighted by Gasteiger charge is -2.21. The smallest absolute Gasteiger partial charge is 0.307 e. The van der Waals surface area contributed by atoms with Crippen molar-refractivity contribution in [2.45, 2.75) is 46.0 Å². The average molecular weight is 331 g/mol.